The summed E-state index contributed by atoms with van der Waals surface area (Å²) in [6, 6.07) is 5.73. The zero-order valence-corrected chi connectivity index (χ0v) is 12.9. The summed E-state index contributed by atoms with van der Waals surface area (Å²) in [5, 5.41) is 12.0. The number of rotatable bonds is 7. The first-order valence-corrected chi connectivity index (χ1v) is 7.03. The van der Waals surface area contributed by atoms with Crippen LogP contribution in [0.25, 0.3) is 0 Å². The van der Waals surface area contributed by atoms with Crippen LogP contribution in [0.2, 0.25) is 0 Å². The molecular weight excluding hydrogens is 310 g/mol. The summed E-state index contributed by atoms with van der Waals surface area (Å²) in [7, 11) is 0. The van der Waals surface area contributed by atoms with Crippen molar-refractivity contribution in [2.45, 2.75) is 13.8 Å². The molecule has 0 aliphatic rings. The molecule has 0 saturated heterocycles. The quantitative estimate of drug-likeness (QED) is 0.265. The van der Waals surface area contributed by atoms with E-state index < -0.39 is 0 Å². The third-order valence-electron chi connectivity index (χ3n) is 2.77. The average Bonchev–Trinajstić information content (AvgIpc) is 2.43. The number of benzene rings is 1. The van der Waals surface area contributed by atoms with E-state index in [1.54, 1.807) is 0 Å². The van der Waals surface area contributed by atoms with Crippen LogP contribution >= 0.6 is 15.9 Å². The lowest BCUT2D eigenvalue weighted by atomic mass is 10.1. The van der Waals surface area contributed by atoms with Crippen LogP contribution in [0.1, 0.15) is 19.4 Å². The molecule has 5 nitrogen and oxygen atoms in total. The summed E-state index contributed by atoms with van der Waals surface area (Å²) in [4.78, 5) is 2.13. The molecule has 1 rings (SSSR count). The highest BCUT2D eigenvalue weighted by Gasteiger charge is 2.13. The lowest BCUT2D eigenvalue weighted by Crippen LogP contribution is -2.30. The summed E-state index contributed by atoms with van der Waals surface area (Å²) in [5.74, 6) is 0.103. The van der Waals surface area contributed by atoms with Gasteiger partial charge in [-0.1, -0.05) is 21.1 Å². The van der Waals surface area contributed by atoms with E-state index in [-0.39, 0.29) is 5.84 Å². The van der Waals surface area contributed by atoms with Gasteiger partial charge >= 0.3 is 0 Å². The molecule has 19 heavy (non-hydrogen) atoms. The Bertz CT molecular complexity index is 438. The molecule has 1 aromatic carbocycles. The minimum absolute atomic E-state index is 0.103. The van der Waals surface area contributed by atoms with Crippen molar-refractivity contribution in [3.63, 3.8) is 0 Å². The molecule has 0 unspecified atom stereocenters. The lowest BCUT2D eigenvalue weighted by molar-refractivity contribution is 0.154. The standard InChI is InChI=1S/C13H20BrN3O2/c1-3-17(7-8-19-4-2)12-6-5-10(14)9-11(12)13(15)16-18/h5-6,9,18H,3-4,7-8H2,1-2H3,(H2,15,16). The van der Waals surface area contributed by atoms with E-state index >= 15 is 0 Å². The van der Waals surface area contributed by atoms with Gasteiger partial charge in [0.15, 0.2) is 5.84 Å². The third-order valence-corrected chi connectivity index (χ3v) is 3.27. The van der Waals surface area contributed by atoms with E-state index in [1.165, 1.54) is 0 Å². The Morgan fingerprint density at radius 3 is 2.79 bits per heavy atom. The Kier molecular flexibility index (Phi) is 6.66. The van der Waals surface area contributed by atoms with Crippen molar-refractivity contribution in [1.82, 2.24) is 0 Å². The van der Waals surface area contributed by atoms with E-state index in [1.807, 2.05) is 25.1 Å². The fourth-order valence-electron chi connectivity index (χ4n) is 1.81. The molecule has 1 aromatic rings. The van der Waals surface area contributed by atoms with E-state index in [0.717, 1.165) is 23.2 Å². The van der Waals surface area contributed by atoms with E-state index in [0.29, 0.717) is 18.8 Å². The number of ether oxygens (including phenoxy) is 1. The third kappa shape index (κ3) is 4.40. The van der Waals surface area contributed by atoms with Gasteiger partial charge in [0.2, 0.25) is 0 Å². The highest BCUT2D eigenvalue weighted by atomic mass is 79.9. The number of nitrogens with zero attached hydrogens (tertiary/aromatic N) is 2. The number of nitrogens with two attached hydrogens (primary N) is 1. The minimum atomic E-state index is 0.103. The van der Waals surface area contributed by atoms with Crippen molar-refractivity contribution >= 4 is 27.5 Å². The SMILES string of the molecule is CCOCCN(CC)c1ccc(Br)cc1/C(N)=N/O. The molecule has 0 spiro atoms. The van der Waals surface area contributed by atoms with Crippen LogP contribution in [0.5, 0.6) is 0 Å². The summed E-state index contributed by atoms with van der Waals surface area (Å²) in [6.45, 7) is 6.96. The fourth-order valence-corrected chi connectivity index (χ4v) is 2.17. The first-order chi connectivity index (χ1) is 9.13. The zero-order valence-electron chi connectivity index (χ0n) is 11.3. The van der Waals surface area contributed by atoms with Gasteiger partial charge < -0.3 is 20.6 Å². The molecule has 0 amide bonds. The largest absolute Gasteiger partial charge is 0.409 e. The van der Waals surface area contributed by atoms with Crippen molar-refractivity contribution in [3.8, 4) is 0 Å². The van der Waals surface area contributed by atoms with Crippen LogP contribution in [0, 0.1) is 0 Å². The maximum Gasteiger partial charge on any atom is 0.172 e. The summed E-state index contributed by atoms with van der Waals surface area (Å²) >= 11 is 3.39. The summed E-state index contributed by atoms with van der Waals surface area (Å²) in [5.41, 5.74) is 7.37. The molecule has 0 atom stereocenters. The van der Waals surface area contributed by atoms with Crippen LogP contribution in [-0.2, 0) is 4.74 Å². The smallest absolute Gasteiger partial charge is 0.172 e. The van der Waals surface area contributed by atoms with Crippen molar-refractivity contribution in [2.24, 2.45) is 10.9 Å². The molecule has 0 aliphatic heterocycles. The molecule has 0 heterocycles. The molecule has 0 bridgehead atoms. The first-order valence-electron chi connectivity index (χ1n) is 6.24. The molecule has 0 saturated carbocycles. The summed E-state index contributed by atoms with van der Waals surface area (Å²) < 4.78 is 6.26. The number of anilines is 1. The van der Waals surface area contributed by atoms with Gasteiger partial charge in [0, 0.05) is 35.4 Å². The number of oxime groups is 1. The van der Waals surface area contributed by atoms with Crippen molar-refractivity contribution in [1.29, 1.82) is 0 Å². The molecular formula is C13H20BrN3O2. The number of hydrogen-bond donors (Lipinski definition) is 2. The number of hydrogen-bond acceptors (Lipinski definition) is 4. The van der Waals surface area contributed by atoms with Gasteiger partial charge in [-0.3, -0.25) is 0 Å². The molecule has 0 radical (unpaired) electrons. The Morgan fingerprint density at radius 1 is 1.47 bits per heavy atom. The molecule has 106 valence electrons. The topological polar surface area (TPSA) is 71.1 Å². The van der Waals surface area contributed by atoms with Crippen molar-refractivity contribution in [2.75, 3.05) is 31.2 Å². The monoisotopic (exact) mass is 329 g/mol. The van der Waals surface area contributed by atoms with Gasteiger partial charge in [-0.15, -0.1) is 0 Å². The molecule has 0 aliphatic carbocycles. The number of halogens is 1. The Morgan fingerprint density at radius 2 is 2.21 bits per heavy atom. The highest BCUT2D eigenvalue weighted by molar-refractivity contribution is 9.10. The van der Waals surface area contributed by atoms with Crippen LogP contribution in [0.4, 0.5) is 5.69 Å². The van der Waals surface area contributed by atoms with Gasteiger partial charge in [0.1, 0.15) is 0 Å². The second-order valence-corrected chi connectivity index (χ2v) is 4.84. The van der Waals surface area contributed by atoms with Gasteiger partial charge in [-0.2, -0.15) is 0 Å². The van der Waals surface area contributed by atoms with Gasteiger partial charge in [-0.25, -0.2) is 0 Å². The first kappa shape index (κ1) is 15.8. The fraction of sp³-hybridized carbons (Fsp3) is 0.462. The summed E-state index contributed by atoms with van der Waals surface area (Å²) in [6.07, 6.45) is 0. The zero-order chi connectivity index (χ0) is 14.3. The molecule has 0 fully saturated rings. The highest BCUT2D eigenvalue weighted by Crippen LogP contribution is 2.24. The van der Waals surface area contributed by atoms with Gasteiger partial charge in [-0.05, 0) is 32.0 Å². The molecule has 6 heteroatoms. The second kappa shape index (κ2) is 8.01. The Balaban J connectivity index is 3.02. The van der Waals surface area contributed by atoms with Crippen LogP contribution < -0.4 is 10.6 Å². The van der Waals surface area contributed by atoms with Crippen LogP contribution in [0.3, 0.4) is 0 Å². The lowest BCUT2D eigenvalue weighted by Gasteiger charge is -2.25. The van der Waals surface area contributed by atoms with Crippen LogP contribution in [-0.4, -0.2) is 37.3 Å². The van der Waals surface area contributed by atoms with Gasteiger partial charge in [0.25, 0.3) is 0 Å². The predicted molar refractivity (Wildman–Crippen MR) is 81.0 cm³/mol. The Labute approximate surface area is 122 Å². The van der Waals surface area contributed by atoms with Crippen molar-refractivity contribution < 1.29 is 9.94 Å². The van der Waals surface area contributed by atoms with Crippen molar-refractivity contribution in [3.05, 3.63) is 28.2 Å². The second-order valence-electron chi connectivity index (χ2n) is 3.92. The van der Waals surface area contributed by atoms with E-state index in [4.69, 9.17) is 15.7 Å². The van der Waals surface area contributed by atoms with E-state index in [2.05, 4.69) is 32.9 Å². The minimum Gasteiger partial charge on any atom is -0.409 e. The van der Waals surface area contributed by atoms with E-state index in [9.17, 15) is 0 Å². The number of likely N-dealkylation sites (N-methyl/N-ethyl adjacent to an activating group) is 1. The normalized spacial score (nSPS) is 11.6. The Hall–Kier alpha value is -1.27. The molecule has 3 N–H and O–H groups in total. The molecule has 0 aromatic heterocycles. The van der Waals surface area contributed by atoms with Crippen LogP contribution in [0.15, 0.2) is 27.8 Å². The maximum absolute atomic E-state index is 8.88. The predicted octanol–water partition coefficient (Wildman–Crippen LogP) is 2.41. The number of amidine groups is 1. The maximum atomic E-state index is 8.88. The van der Waals surface area contributed by atoms with Gasteiger partial charge in [0.05, 0.1) is 6.61 Å². The average molecular weight is 330 g/mol.